The van der Waals surface area contributed by atoms with E-state index >= 15 is 0 Å². The second-order valence-corrected chi connectivity index (χ2v) is 7.11. The molecule has 1 aliphatic heterocycles. The van der Waals surface area contributed by atoms with Crippen LogP contribution in [0.15, 0.2) is 48.8 Å². The molecule has 1 unspecified atom stereocenters. The zero-order valence-electron chi connectivity index (χ0n) is 16.7. The molecule has 2 aromatic carbocycles. The summed E-state index contributed by atoms with van der Waals surface area (Å²) < 4.78 is 16.7. The summed E-state index contributed by atoms with van der Waals surface area (Å²) in [6, 6.07) is 11.6. The van der Waals surface area contributed by atoms with Crippen molar-refractivity contribution in [1.82, 2.24) is 20.2 Å². The maximum Gasteiger partial charge on any atom is 0.142 e. The summed E-state index contributed by atoms with van der Waals surface area (Å²) in [6.45, 7) is 0.520. The number of rotatable bonds is 5. The normalized spacial score (nSPS) is 15.3. The number of hydrogen-bond acceptors (Lipinski definition) is 7. The van der Waals surface area contributed by atoms with Gasteiger partial charge in [-0.15, -0.1) is 0 Å². The summed E-state index contributed by atoms with van der Waals surface area (Å²) in [5.74, 6) is 3.90. The molecule has 1 aliphatic rings. The van der Waals surface area contributed by atoms with E-state index in [0.717, 1.165) is 51.6 Å². The Labute approximate surface area is 173 Å². The lowest BCUT2D eigenvalue weighted by Gasteiger charge is -2.25. The van der Waals surface area contributed by atoms with Crippen molar-refractivity contribution in [1.29, 1.82) is 0 Å². The van der Waals surface area contributed by atoms with Gasteiger partial charge < -0.3 is 19.5 Å². The Hall–Kier alpha value is -3.81. The molecule has 2 N–H and O–H groups in total. The molecule has 2 aromatic heterocycles. The van der Waals surface area contributed by atoms with Gasteiger partial charge in [0.15, 0.2) is 0 Å². The van der Waals surface area contributed by atoms with Gasteiger partial charge in [0.2, 0.25) is 0 Å². The average molecular weight is 403 g/mol. The third-order valence-corrected chi connectivity index (χ3v) is 5.22. The highest BCUT2D eigenvalue weighted by Crippen LogP contribution is 2.35. The Balaban J connectivity index is 1.55. The number of aromatic nitrogens is 4. The highest BCUT2D eigenvalue weighted by Gasteiger charge is 2.25. The van der Waals surface area contributed by atoms with Crippen molar-refractivity contribution in [3.8, 4) is 17.2 Å². The van der Waals surface area contributed by atoms with Crippen molar-refractivity contribution >= 4 is 22.4 Å². The Morgan fingerprint density at radius 1 is 1.07 bits per heavy atom. The Kier molecular flexibility index (Phi) is 4.59. The predicted molar refractivity (Wildman–Crippen MR) is 113 cm³/mol. The van der Waals surface area contributed by atoms with E-state index < -0.39 is 0 Å². The highest BCUT2D eigenvalue weighted by molar-refractivity contribution is 5.91. The van der Waals surface area contributed by atoms with Crippen LogP contribution >= 0.6 is 0 Å². The minimum absolute atomic E-state index is 0.0287. The predicted octanol–water partition coefficient (Wildman–Crippen LogP) is 3.83. The topological polar surface area (TPSA) is 94.2 Å². The molecular formula is C22H21N5O3. The largest absolute Gasteiger partial charge is 0.497 e. The molecule has 0 saturated heterocycles. The third kappa shape index (κ3) is 3.36. The van der Waals surface area contributed by atoms with E-state index in [4.69, 9.17) is 24.2 Å². The van der Waals surface area contributed by atoms with Gasteiger partial charge in [-0.25, -0.2) is 9.97 Å². The monoisotopic (exact) mass is 403 g/mol. The van der Waals surface area contributed by atoms with Crippen molar-refractivity contribution in [3.63, 3.8) is 0 Å². The molecule has 1 atom stereocenters. The Bertz CT molecular complexity index is 1190. The van der Waals surface area contributed by atoms with Gasteiger partial charge in [-0.3, -0.25) is 5.10 Å². The number of hydrogen-bond donors (Lipinski definition) is 2. The molecule has 152 valence electrons. The third-order valence-electron chi connectivity index (χ3n) is 5.22. The molecule has 4 aromatic rings. The van der Waals surface area contributed by atoms with Crippen LogP contribution in [0.4, 0.5) is 11.5 Å². The smallest absolute Gasteiger partial charge is 0.142 e. The number of aromatic amines is 1. The zero-order chi connectivity index (χ0) is 20.5. The number of nitrogens with zero attached hydrogens (tertiary/aromatic N) is 3. The maximum absolute atomic E-state index is 5.99. The SMILES string of the molecule is COc1ccc2c(c1)CC(c1nc(Nc3cn[nH]c3)c3cc(OC)ccc3n1)CO2. The van der Waals surface area contributed by atoms with E-state index in [1.54, 1.807) is 26.6 Å². The van der Waals surface area contributed by atoms with Crippen LogP contribution in [-0.2, 0) is 6.42 Å². The second-order valence-electron chi connectivity index (χ2n) is 7.11. The van der Waals surface area contributed by atoms with Crippen LogP contribution < -0.4 is 19.5 Å². The first-order valence-electron chi connectivity index (χ1n) is 9.64. The van der Waals surface area contributed by atoms with Gasteiger partial charge in [-0.05, 0) is 48.4 Å². The Morgan fingerprint density at radius 3 is 2.70 bits per heavy atom. The highest BCUT2D eigenvalue weighted by atomic mass is 16.5. The lowest BCUT2D eigenvalue weighted by Crippen LogP contribution is -2.21. The van der Waals surface area contributed by atoms with Crippen LogP contribution in [0.2, 0.25) is 0 Å². The van der Waals surface area contributed by atoms with Gasteiger partial charge in [0.25, 0.3) is 0 Å². The van der Waals surface area contributed by atoms with E-state index in [1.807, 2.05) is 36.4 Å². The van der Waals surface area contributed by atoms with Crippen molar-refractivity contribution in [3.05, 3.63) is 60.2 Å². The summed E-state index contributed by atoms with van der Waals surface area (Å²) in [4.78, 5) is 9.70. The molecule has 8 heteroatoms. The van der Waals surface area contributed by atoms with Crippen molar-refractivity contribution in [2.45, 2.75) is 12.3 Å². The fourth-order valence-electron chi connectivity index (χ4n) is 3.65. The van der Waals surface area contributed by atoms with Gasteiger partial charge in [-0.1, -0.05) is 0 Å². The second kappa shape index (κ2) is 7.55. The average Bonchev–Trinajstić information content (AvgIpc) is 3.31. The zero-order valence-corrected chi connectivity index (χ0v) is 16.7. The molecule has 30 heavy (non-hydrogen) atoms. The lowest BCUT2D eigenvalue weighted by molar-refractivity contribution is 0.257. The van der Waals surface area contributed by atoms with Crippen LogP contribution in [0.1, 0.15) is 17.3 Å². The fourth-order valence-corrected chi connectivity index (χ4v) is 3.65. The van der Waals surface area contributed by atoms with Crippen molar-refractivity contribution in [2.24, 2.45) is 0 Å². The molecule has 0 fully saturated rings. The van der Waals surface area contributed by atoms with Crippen LogP contribution in [0.3, 0.4) is 0 Å². The van der Waals surface area contributed by atoms with E-state index in [1.165, 1.54) is 0 Å². The van der Waals surface area contributed by atoms with Gasteiger partial charge in [0.1, 0.15) is 28.9 Å². The number of benzene rings is 2. The van der Waals surface area contributed by atoms with Gasteiger partial charge in [0.05, 0.1) is 44.1 Å². The van der Waals surface area contributed by atoms with Crippen LogP contribution in [0, 0.1) is 0 Å². The molecule has 0 amide bonds. The summed E-state index contributed by atoms with van der Waals surface area (Å²) in [6.07, 6.45) is 4.26. The molecule has 0 bridgehead atoms. The van der Waals surface area contributed by atoms with Crippen LogP contribution in [0.5, 0.6) is 17.2 Å². The first-order valence-corrected chi connectivity index (χ1v) is 9.64. The first kappa shape index (κ1) is 18.2. The summed E-state index contributed by atoms with van der Waals surface area (Å²) >= 11 is 0. The van der Waals surface area contributed by atoms with Crippen LogP contribution in [0.25, 0.3) is 10.9 Å². The van der Waals surface area contributed by atoms with Crippen molar-refractivity contribution in [2.75, 3.05) is 26.1 Å². The molecule has 5 rings (SSSR count). The summed E-state index contributed by atoms with van der Waals surface area (Å²) in [5, 5.41) is 11.0. The number of nitrogens with one attached hydrogen (secondary N) is 2. The maximum atomic E-state index is 5.99. The quantitative estimate of drug-likeness (QED) is 0.523. The standard InChI is InChI=1S/C22H21N5O3/c1-28-16-4-6-20-13(8-16)7-14(12-30-20)21-26-19-5-3-17(29-2)9-18(19)22(27-21)25-15-10-23-24-11-15/h3-6,8-11,14H,7,12H2,1-2H3,(H,23,24)(H,25,26,27). The van der Waals surface area contributed by atoms with Gasteiger partial charge >= 0.3 is 0 Å². The van der Waals surface area contributed by atoms with Crippen molar-refractivity contribution < 1.29 is 14.2 Å². The van der Waals surface area contributed by atoms with E-state index in [-0.39, 0.29) is 5.92 Å². The Morgan fingerprint density at radius 2 is 1.90 bits per heavy atom. The minimum atomic E-state index is 0.0287. The molecule has 0 spiro atoms. The molecule has 0 saturated carbocycles. The molecular weight excluding hydrogens is 382 g/mol. The lowest BCUT2D eigenvalue weighted by atomic mass is 9.95. The number of fused-ring (bicyclic) bond motifs is 2. The number of H-pyrrole nitrogens is 1. The van der Waals surface area contributed by atoms with Gasteiger partial charge in [-0.2, -0.15) is 5.10 Å². The summed E-state index contributed by atoms with van der Waals surface area (Å²) in [5.41, 5.74) is 2.75. The first-order chi connectivity index (χ1) is 14.7. The molecule has 0 aliphatic carbocycles. The molecule has 3 heterocycles. The molecule has 0 radical (unpaired) electrons. The summed E-state index contributed by atoms with van der Waals surface area (Å²) in [7, 11) is 3.31. The number of methoxy groups -OCH3 is 2. The van der Waals surface area contributed by atoms with E-state index in [0.29, 0.717) is 12.4 Å². The van der Waals surface area contributed by atoms with E-state index in [2.05, 4.69) is 15.5 Å². The van der Waals surface area contributed by atoms with Crippen LogP contribution in [-0.4, -0.2) is 41.0 Å². The minimum Gasteiger partial charge on any atom is -0.497 e. The molecule has 8 nitrogen and oxygen atoms in total. The van der Waals surface area contributed by atoms with Gasteiger partial charge in [0, 0.05) is 11.6 Å². The fraction of sp³-hybridized carbons (Fsp3) is 0.227. The van der Waals surface area contributed by atoms with E-state index in [9.17, 15) is 0 Å². The number of anilines is 2. The number of ether oxygens (including phenoxy) is 3.